The molecule has 0 aromatic rings. The standard InChI is InChI=1S/Mo.4O.2H3P/h;;;;;2*1H3/q;;;2*-1;;/p+2. The van der Waals surface area contributed by atoms with Crippen LogP contribution >= 0.6 is 19.8 Å². The molecule has 0 aromatic carbocycles. The van der Waals surface area contributed by atoms with Crippen molar-refractivity contribution in [1.29, 1.82) is 0 Å². The molecule has 0 N–H and O–H groups in total. The Bertz CT molecular complexity index is 92.9. The monoisotopic (exact) mass is 232 g/mol. The van der Waals surface area contributed by atoms with Gasteiger partial charge in [0.25, 0.3) is 0 Å². The van der Waals surface area contributed by atoms with Crippen LogP contribution in [0.15, 0.2) is 0 Å². The molecule has 0 saturated carbocycles. The summed E-state index contributed by atoms with van der Waals surface area (Å²) in [5.41, 5.74) is 0. The molecular formula is H8MoO4P2. The third-order valence-corrected chi connectivity index (χ3v) is 0. The fourth-order valence-electron chi connectivity index (χ4n) is 0. The molecule has 2 unspecified atom stereocenters. The summed E-state index contributed by atoms with van der Waals surface area (Å²) in [6, 6.07) is 0. The summed E-state index contributed by atoms with van der Waals surface area (Å²) in [6.07, 6.45) is 0. The maximum Gasteiger partial charge on any atom is -0.0395 e. The number of hydrogen-bond acceptors (Lipinski definition) is 4. The molecule has 7 heteroatoms. The van der Waals surface area contributed by atoms with E-state index in [9.17, 15) is 0 Å². The summed E-state index contributed by atoms with van der Waals surface area (Å²) in [4.78, 5) is 0. The van der Waals surface area contributed by atoms with Crippen LogP contribution in [0.25, 0.3) is 0 Å². The molecule has 0 aliphatic heterocycles. The number of rotatable bonds is 0. The van der Waals surface area contributed by atoms with Crippen molar-refractivity contribution in [2.45, 2.75) is 0 Å². The van der Waals surface area contributed by atoms with Gasteiger partial charge in [0, 0.05) is 0 Å². The zero-order chi connectivity index (χ0) is 4.50. The van der Waals surface area contributed by atoms with Crippen LogP contribution in [0.2, 0.25) is 0 Å². The molecule has 0 radical (unpaired) electrons. The van der Waals surface area contributed by atoms with Crippen LogP contribution in [0.1, 0.15) is 0 Å². The Morgan fingerprint density at radius 2 is 1.00 bits per heavy atom. The SMILES string of the molecule is [O]=[Mo](=[O])([O-])[O-].[PH4+].[PH4+]. The van der Waals surface area contributed by atoms with E-state index in [4.69, 9.17) is 14.3 Å². The molecule has 0 heterocycles. The van der Waals surface area contributed by atoms with Crippen molar-refractivity contribution in [2.24, 2.45) is 0 Å². The van der Waals surface area contributed by atoms with Gasteiger partial charge in [-0.05, 0) is 19.8 Å². The first-order chi connectivity index (χ1) is 2.00. The molecule has 0 aliphatic rings. The first-order valence-electron chi connectivity index (χ1n) is 0.667. The zero-order valence-corrected chi connectivity index (χ0v) is 10.0. The van der Waals surface area contributed by atoms with Crippen molar-refractivity contribution in [3.63, 3.8) is 0 Å². The van der Waals surface area contributed by atoms with Gasteiger partial charge in [0.1, 0.15) is 0 Å². The van der Waals surface area contributed by atoms with Crippen LogP contribution in [-0.2, 0) is 23.5 Å². The van der Waals surface area contributed by atoms with E-state index in [1.54, 1.807) is 0 Å². The predicted molar refractivity (Wildman–Crippen MR) is 26.4 cm³/mol. The van der Waals surface area contributed by atoms with Gasteiger partial charge in [0.15, 0.2) is 0 Å². The topological polar surface area (TPSA) is 80.3 Å². The minimum atomic E-state index is -6.02. The van der Waals surface area contributed by atoms with E-state index in [1.165, 1.54) is 0 Å². The molecular weight excluding hydrogens is 222 g/mol. The first-order valence-corrected chi connectivity index (χ1v) is 3.94. The Morgan fingerprint density at radius 3 is 1.00 bits per heavy atom. The van der Waals surface area contributed by atoms with Gasteiger partial charge in [-0.3, -0.25) is 0 Å². The fraction of sp³-hybridized carbons (Fsp3) is 0. The maximum atomic E-state index is 8.63. The molecule has 0 spiro atoms. The molecule has 0 amide bonds. The molecule has 0 aromatic heterocycles. The normalized spacial score (nSPS) is 8.29. The van der Waals surface area contributed by atoms with E-state index in [0.717, 1.165) is 0 Å². The zero-order valence-electron chi connectivity index (χ0n) is 4.04. The van der Waals surface area contributed by atoms with Gasteiger partial charge in [-0.2, -0.15) is 0 Å². The van der Waals surface area contributed by atoms with Crippen molar-refractivity contribution < 1.29 is 31.1 Å². The quantitative estimate of drug-likeness (QED) is 0.327. The molecule has 0 aliphatic carbocycles. The molecule has 48 valence electrons. The van der Waals surface area contributed by atoms with Crippen LogP contribution < -0.4 is 7.52 Å². The summed E-state index contributed by atoms with van der Waals surface area (Å²) < 4.78 is 34.5. The maximum absolute atomic E-state index is 8.63. The largest absolute Gasteiger partial charge is 0.0395 e. The van der Waals surface area contributed by atoms with Crippen molar-refractivity contribution in [1.82, 2.24) is 0 Å². The smallest absolute Gasteiger partial charge is 0.0395 e. The molecule has 4 nitrogen and oxygen atoms in total. The first kappa shape index (κ1) is 15.7. The van der Waals surface area contributed by atoms with E-state index in [-0.39, 0.29) is 19.8 Å². The van der Waals surface area contributed by atoms with Crippen LogP contribution in [0.3, 0.4) is 0 Å². The Labute approximate surface area is 51.3 Å². The summed E-state index contributed by atoms with van der Waals surface area (Å²) in [5, 5.41) is 0. The predicted octanol–water partition coefficient (Wildman–Crippen LogP) is -3.04. The van der Waals surface area contributed by atoms with Crippen molar-refractivity contribution in [2.75, 3.05) is 0 Å². The molecule has 0 bridgehead atoms. The molecule has 2 atom stereocenters. The Morgan fingerprint density at radius 1 is 1.00 bits per heavy atom. The van der Waals surface area contributed by atoms with Gasteiger partial charge < -0.3 is 0 Å². The van der Waals surface area contributed by atoms with Crippen molar-refractivity contribution >= 4 is 19.8 Å². The minimum absolute atomic E-state index is 0. The van der Waals surface area contributed by atoms with Crippen molar-refractivity contribution in [3.8, 4) is 0 Å². The van der Waals surface area contributed by atoms with Gasteiger partial charge in [0.05, 0.1) is 0 Å². The van der Waals surface area contributed by atoms with Crippen molar-refractivity contribution in [3.05, 3.63) is 0 Å². The van der Waals surface area contributed by atoms with Crippen LogP contribution in [0, 0.1) is 0 Å². The summed E-state index contributed by atoms with van der Waals surface area (Å²) in [5.74, 6) is 0. The fourth-order valence-corrected chi connectivity index (χ4v) is 0. The van der Waals surface area contributed by atoms with Gasteiger partial charge >= 0.3 is 31.1 Å². The average Bonchev–Trinajstić information content (AvgIpc) is 0.722. The summed E-state index contributed by atoms with van der Waals surface area (Å²) in [7, 11) is 0. The van der Waals surface area contributed by atoms with Gasteiger partial charge in [0.2, 0.25) is 0 Å². The van der Waals surface area contributed by atoms with E-state index < -0.39 is 16.7 Å². The molecule has 0 saturated heterocycles. The van der Waals surface area contributed by atoms with Gasteiger partial charge in [-0.25, -0.2) is 0 Å². The van der Waals surface area contributed by atoms with Crippen LogP contribution in [0.5, 0.6) is 0 Å². The van der Waals surface area contributed by atoms with E-state index in [1.807, 2.05) is 0 Å². The summed E-state index contributed by atoms with van der Waals surface area (Å²) in [6.45, 7) is 0. The van der Waals surface area contributed by atoms with E-state index >= 15 is 0 Å². The average molecular weight is 230 g/mol. The molecule has 0 fully saturated rings. The van der Waals surface area contributed by atoms with E-state index in [0.29, 0.717) is 0 Å². The third-order valence-electron chi connectivity index (χ3n) is 0. The Hall–Kier alpha value is 1.07. The van der Waals surface area contributed by atoms with Crippen LogP contribution in [0.4, 0.5) is 0 Å². The Kier molecular flexibility index (Phi) is 11.7. The third kappa shape index (κ3) is 159. The summed E-state index contributed by atoms with van der Waals surface area (Å²) >= 11 is -6.02. The second-order valence-electron chi connectivity index (χ2n) is 0.408. The second kappa shape index (κ2) is 5.21. The Balaban J connectivity index is -0.0000000800. The van der Waals surface area contributed by atoms with Gasteiger partial charge in [-0.15, -0.1) is 0 Å². The molecule has 7 heavy (non-hydrogen) atoms. The minimum Gasteiger partial charge on any atom is -0.0395 e. The van der Waals surface area contributed by atoms with Gasteiger partial charge in [-0.1, -0.05) is 0 Å². The van der Waals surface area contributed by atoms with Crippen LogP contribution in [-0.4, -0.2) is 0 Å². The second-order valence-corrected chi connectivity index (χ2v) is 2.42. The van der Waals surface area contributed by atoms with E-state index in [2.05, 4.69) is 0 Å². The molecule has 0 rings (SSSR count). The number of hydrogen-bond donors (Lipinski definition) is 0.